The minimum absolute atomic E-state index is 0.262. The summed E-state index contributed by atoms with van der Waals surface area (Å²) in [7, 11) is 0. The number of nitrogens with one attached hydrogen (secondary N) is 1. The minimum atomic E-state index is -0.593. The van der Waals surface area contributed by atoms with E-state index in [2.05, 4.69) is 20.8 Å². The fourth-order valence-electron chi connectivity index (χ4n) is 2.36. The van der Waals surface area contributed by atoms with E-state index in [9.17, 15) is 4.79 Å². The van der Waals surface area contributed by atoms with Crippen molar-refractivity contribution in [1.29, 1.82) is 0 Å². The maximum atomic E-state index is 11.7. The maximum Gasteiger partial charge on any atom is 0.237 e. The molecule has 3 N–H and O–H groups in total. The lowest BCUT2D eigenvalue weighted by molar-refractivity contribution is -0.124. The summed E-state index contributed by atoms with van der Waals surface area (Å²) in [6, 6.07) is 0.965. The number of carbonyl (C=O) groups is 1. The van der Waals surface area contributed by atoms with Crippen LogP contribution in [0.5, 0.6) is 0 Å². The molecule has 21 heavy (non-hydrogen) atoms. The molecule has 1 amide bonds. The lowest BCUT2D eigenvalue weighted by atomic mass is 9.95. The molecule has 0 saturated heterocycles. The molecule has 0 bridgehead atoms. The molecule has 0 aromatic carbocycles. The Balaban J connectivity index is 1.45. The molecule has 2 aliphatic carbocycles. The highest BCUT2D eigenvalue weighted by Gasteiger charge is 2.36. The van der Waals surface area contributed by atoms with Gasteiger partial charge < -0.3 is 11.1 Å². The fourth-order valence-corrected chi connectivity index (χ4v) is 3.25. The number of thioether (sulfide) groups is 1. The zero-order chi connectivity index (χ0) is 14.9. The predicted molar refractivity (Wildman–Crippen MR) is 79.8 cm³/mol. The molecule has 2 saturated carbocycles. The maximum absolute atomic E-state index is 11.7. The van der Waals surface area contributed by atoms with Crippen molar-refractivity contribution in [3.8, 4) is 0 Å². The van der Waals surface area contributed by atoms with E-state index in [0.717, 1.165) is 36.6 Å². The first-order chi connectivity index (χ1) is 10.1. The van der Waals surface area contributed by atoms with Gasteiger partial charge in [-0.25, -0.2) is 4.68 Å². The molecule has 2 fully saturated rings. The Bertz CT molecular complexity index is 513. The van der Waals surface area contributed by atoms with Crippen molar-refractivity contribution < 1.29 is 4.79 Å². The fraction of sp³-hybridized carbons (Fsp3) is 0.846. The number of hydrogen-bond acceptors (Lipinski definition) is 6. The van der Waals surface area contributed by atoms with Gasteiger partial charge in [-0.15, -0.1) is 5.10 Å². The van der Waals surface area contributed by atoms with Gasteiger partial charge in [0, 0.05) is 11.8 Å². The van der Waals surface area contributed by atoms with Gasteiger partial charge in [0.1, 0.15) is 0 Å². The van der Waals surface area contributed by atoms with Crippen molar-refractivity contribution in [2.24, 2.45) is 5.73 Å². The smallest absolute Gasteiger partial charge is 0.237 e. The van der Waals surface area contributed by atoms with Gasteiger partial charge in [-0.1, -0.05) is 11.8 Å². The monoisotopic (exact) mass is 310 g/mol. The van der Waals surface area contributed by atoms with Gasteiger partial charge in [-0.05, 0) is 55.9 Å². The number of aromatic nitrogens is 4. The summed E-state index contributed by atoms with van der Waals surface area (Å²) in [5.41, 5.74) is 4.96. The van der Waals surface area contributed by atoms with E-state index in [0.29, 0.717) is 12.1 Å². The quantitative estimate of drug-likeness (QED) is 0.519. The number of tetrazole rings is 1. The van der Waals surface area contributed by atoms with Crippen molar-refractivity contribution >= 4 is 17.7 Å². The van der Waals surface area contributed by atoms with E-state index in [1.165, 1.54) is 12.8 Å². The predicted octanol–water partition coefficient (Wildman–Crippen LogP) is 0.876. The molecule has 8 heteroatoms. The van der Waals surface area contributed by atoms with E-state index in [4.69, 9.17) is 5.73 Å². The van der Waals surface area contributed by atoms with E-state index < -0.39 is 5.54 Å². The number of carbonyl (C=O) groups excluding carboxylic acids is 1. The van der Waals surface area contributed by atoms with Gasteiger partial charge in [-0.3, -0.25) is 4.79 Å². The van der Waals surface area contributed by atoms with Crippen LogP contribution in [-0.2, 0) is 4.79 Å². The minimum Gasteiger partial charge on any atom is -0.368 e. The molecule has 2 aliphatic rings. The first-order valence-electron chi connectivity index (χ1n) is 7.57. The molecule has 1 unspecified atom stereocenters. The van der Waals surface area contributed by atoms with Gasteiger partial charge in [0.2, 0.25) is 11.1 Å². The lowest BCUT2D eigenvalue weighted by Gasteiger charge is -2.27. The van der Waals surface area contributed by atoms with Gasteiger partial charge in [0.25, 0.3) is 0 Å². The number of amides is 1. The van der Waals surface area contributed by atoms with Crippen LogP contribution in [0, 0.1) is 0 Å². The van der Waals surface area contributed by atoms with Crippen LogP contribution >= 0.6 is 11.8 Å². The zero-order valence-electron chi connectivity index (χ0n) is 12.3. The van der Waals surface area contributed by atoms with Crippen molar-refractivity contribution in [1.82, 2.24) is 25.5 Å². The first-order valence-corrected chi connectivity index (χ1v) is 8.55. The van der Waals surface area contributed by atoms with Crippen LogP contribution in [0.25, 0.3) is 0 Å². The van der Waals surface area contributed by atoms with Crippen molar-refractivity contribution in [2.45, 2.75) is 68.2 Å². The molecule has 1 heterocycles. The Morgan fingerprint density at radius 3 is 2.86 bits per heavy atom. The van der Waals surface area contributed by atoms with Crippen LogP contribution in [-0.4, -0.2) is 43.4 Å². The molecule has 116 valence electrons. The average Bonchev–Trinajstić information content (AvgIpc) is 3.37. The standard InChI is InChI=1S/C13H22N6OS/c1-13(11(14)20,15-9-3-4-9)7-2-8-21-12-16-17-18-19(12)10-5-6-10/h9-10,15H,2-8H2,1H3,(H2,14,20). The summed E-state index contributed by atoms with van der Waals surface area (Å²) in [6.07, 6.45) is 6.28. The Hall–Kier alpha value is -1.15. The van der Waals surface area contributed by atoms with E-state index >= 15 is 0 Å². The first kappa shape index (κ1) is 14.8. The SMILES string of the molecule is CC(CCCSc1nnnn1C1CC1)(NC1CC1)C(N)=O. The summed E-state index contributed by atoms with van der Waals surface area (Å²) < 4.78 is 1.92. The Labute approximate surface area is 128 Å². The van der Waals surface area contributed by atoms with Gasteiger partial charge in [-0.2, -0.15) is 0 Å². The molecule has 0 aliphatic heterocycles. The molecule has 3 rings (SSSR count). The topological polar surface area (TPSA) is 98.7 Å². The van der Waals surface area contributed by atoms with Crippen molar-refractivity contribution in [3.05, 3.63) is 0 Å². The zero-order valence-corrected chi connectivity index (χ0v) is 13.1. The Kier molecular flexibility index (Phi) is 4.17. The van der Waals surface area contributed by atoms with E-state index in [1.807, 2.05) is 11.6 Å². The highest BCUT2D eigenvalue weighted by atomic mass is 32.2. The molecule has 7 nitrogen and oxygen atoms in total. The van der Waals surface area contributed by atoms with E-state index in [1.54, 1.807) is 11.8 Å². The van der Waals surface area contributed by atoms with Crippen LogP contribution in [0.1, 0.15) is 51.5 Å². The number of nitrogens with two attached hydrogens (primary N) is 1. The highest BCUT2D eigenvalue weighted by molar-refractivity contribution is 7.99. The number of primary amides is 1. The molecule has 0 spiro atoms. The second-order valence-corrected chi connectivity index (χ2v) is 7.27. The number of rotatable bonds is 9. The second-order valence-electron chi connectivity index (χ2n) is 6.20. The molecule has 0 radical (unpaired) electrons. The van der Waals surface area contributed by atoms with Crippen LogP contribution in [0.4, 0.5) is 0 Å². The van der Waals surface area contributed by atoms with Crippen LogP contribution in [0.3, 0.4) is 0 Å². The van der Waals surface area contributed by atoms with Crippen LogP contribution in [0.2, 0.25) is 0 Å². The Morgan fingerprint density at radius 1 is 1.48 bits per heavy atom. The number of nitrogens with zero attached hydrogens (tertiary/aromatic N) is 4. The highest BCUT2D eigenvalue weighted by Crippen LogP contribution is 2.36. The second kappa shape index (κ2) is 5.92. The van der Waals surface area contributed by atoms with Crippen molar-refractivity contribution in [3.63, 3.8) is 0 Å². The summed E-state index contributed by atoms with van der Waals surface area (Å²) in [5, 5.41) is 16.1. The molecule has 1 aromatic heterocycles. The average molecular weight is 310 g/mol. The molecular weight excluding hydrogens is 288 g/mol. The van der Waals surface area contributed by atoms with Gasteiger partial charge in [0.15, 0.2) is 0 Å². The third kappa shape index (κ3) is 3.74. The molecule has 1 atom stereocenters. The van der Waals surface area contributed by atoms with Gasteiger partial charge in [0.05, 0.1) is 11.6 Å². The van der Waals surface area contributed by atoms with Gasteiger partial charge >= 0.3 is 0 Å². The third-order valence-electron chi connectivity index (χ3n) is 4.05. The summed E-state index contributed by atoms with van der Waals surface area (Å²) in [6.45, 7) is 1.91. The summed E-state index contributed by atoms with van der Waals surface area (Å²) >= 11 is 1.66. The Morgan fingerprint density at radius 2 is 2.24 bits per heavy atom. The lowest BCUT2D eigenvalue weighted by Crippen LogP contribution is -2.54. The summed E-state index contributed by atoms with van der Waals surface area (Å²) in [4.78, 5) is 11.7. The molecular formula is C13H22N6OS. The molecule has 1 aromatic rings. The van der Waals surface area contributed by atoms with Crippen molar-refractivity contribution in [2.75, 3.05) is 5.75 Å². The van der Waals surface area contributed by atoms with Crippen LogP contribution in [0.15, 0.2) is 5.16 Å². The summed E-state index contributed by atoms with van der Waals surface area (Å²) in [5.74, 6) is 0.629. The number of hydrogen-bond donors (Lipinski definition) is 2. The van der Waals surface area contributed by atoms with Crippen LogP contribution < -0.4 is 11.1 Å². The largest absolute Gasteiger partial charge is 0.368 e. The third-order valence-corrected chi connectivity index (χ3v) is 5.07. The van der Waals surface area contributed by atoms with E-state index in [-0.39, 0.29) is 5.91 Å². The normalized spacial score (nSPS) is 21.2.